The number of ether oxygens (including phenoxy) is 2. The first-order chi connectivity index (χ1) is 13.3. The lowest BCUT2D eigenvalue weighted by Gasteiger charge is -2.10. The SMILES string of the molecule is COC(=O)COc1c(Cl)cc(/C=C(/C#N)C(=O)Nc2ccc(Cl)cc2)cc1Br. The molecule has 6 nitrogen and oxygen atoms in total. The average molecular weight is 484 g/mol. The number of hydrogen-bond acceptors (Lipinski definition) is 5. The number of esters is 1. The molecule has 0 saturated carbocycles. The first kappa shape index (κ1) is 21.8. The molecule has 28 heavy (non-hydrogen) atoms. The van der Waals surface area contributed by atoms with E-state index in [0.717, 1.165) is 0 Å². The molecule has 0 aliphatic rings. The highest BCUT2D eigenvalue weighted by atomic mass is 79.9. The highest BCUT2D eigenvalue weighted by molar-refractivity contribution is 9.10. The zero-order chi connectivity index (χ0) is 20.7. The van der Waals surface area contributed by atoms with Gasteiger partial charge in [-0.2, -0.15) is 5.26 Å². The van der Waals surface area contributed by atoms with E-state index in [1.165, 1.54) is 19.3 Å². The predicted molar refractivity (Wildman–Crippen MR) is 110 cm³/mol. The Morgan fingerprint density at radius 3 is 2.50 bits per heavy atom. The minimum absolute atomic E-state index is 0.124. The van der Waals surface area contributed by atoms with E-state index in [0.29, 0.717) is 20.7 Å². The van der Waals surface area contributed by atoms with Crippen molar-refractivity contribution in [2.24, 2.45) is 0 Å². The average Bonchev–Trinajstić information content (AvgIpc) is 2.66. The van der Waals surface area contributed by atoms with Gasteiger partial charge >= 0.3 is 5.97 Å². The first-order valence-corrected chi connectivity index (χ1v) is 9.26. The molecule has 2 aromatic carbocycles. The number of carbonyl (C=O) groups is 2. The van der Waals surface area contributed by atoms with E-state index in [4.69, 9.17) is 27.9 Å². The maximum absolute atomic E-state index is 12.3. The van der Waals surface area contributed by atoms with Crippen LogP contribution < -0.4 is 10.1 Å². The molecular weight excluding hydrogens is 471 g/mol. The van der Waals surface area contributed by atoms with Gasteiger partial charge in [0.25, 0.3) is 5.91 Å². The Kier molecular flexibility index (Phi) is 7.88. The van der Waals surface area contributed by atoms with Crippen molar-refractivity contribution < 1.29 is 19.1 Å². The molecule has 0 heterocycles. The number of hydrogen-bond donors (Lipinski definition) is 1. The molecule has 0 unspecified atom stereocenters. The fourth-order valence-corrected chi connectivity index (χ4v) is 3.15. The number of carbonyl (C=O) groups excluding carboxylic acids is 2. The largest absolute Gasteiger partial charge is 0.479 e. The summed E-state index contributed by atoms with van der Waals surface area (Å²) < 4.78 is 10.3. The summed E-state index contributed by atoms with van der Waals surface area (Å²) in [5.41, 5.74) is 0.868. The van der Waals surface area contributed by atoms with Gasteiger partial charge in [-0.1, -0.05) is 23.2 Å². The second-order valence-corrected chi connectivity index (χ2v) is 7.01. The van der Waals surface area contributed by atoms with Gasteiger partial charge in [0, 0.05) is 10.7 Å². The van der Waals surface area contributed by atoms with Crippen molar-refractivity contribution >= 4 is 62.8 Å². The van der Waals surface area contributed by atoms with Gasteiger partial charge in [0.1, 0.15) is 11.6 Å². The van der Waals surface area contributed by atoms with Gasteiger partial charge < -0.3 is 14.8 Å². The summed E-state index contributed by atoms with van der Waals surface area (Å²) >= 11 is 15.3. The van der Waals surface area contributed by atoms with Crippen LogP contribution in [0.1, 0.15) is 5.56 Å². The molecule has 1 N–H and O–H groups in total. The molecule has 0 atom stereocenters. The van der Waals surface area contributed by atoms with Gasteiger partial charge in [-0.3, -0.25) is 4.79 Å². The van der Waals surface area contributed by atoms with Crippen molar-refractivity contribution in [3.8, 4) is 11.8 Å². The summed E-state index contributed by atoms with van der Waals surface area (Å²) in [6, 6.07) is 11.4. The lowest BCUT2D eigenvalue weighted by Crippen LogP contribution is -2.13. The molecule has 2 rings (SSSR count). The van der Waals surface area contributed by atoms with E-state index in [1.54, 1.807) is 30.3 Å². The van der Waals surface area contributed by atoms with E-state index >= 15 is 0 Å². The molecule has 0 fully saturated rings. The Balaban J connectivity index is 2.21. The number of nitrogens with one attached hydrogen (secondary N) is 1. The van der Waals surface area contributed by atoms with Crippen LogP contribution in [-0.4, -0.2) is 25.6 Å². The number of halogens is 3. The molecule has 1 amide bonds. The van der Waals surface area contributed by atoms with Crippen LogP contribution in [0.5, 0.6) is 5.75 Å². The van der Waals surface area contributed by atoms with Crippen LogP contribution in [0, 0.1) is 11.3 Å². The highest BCUT2D eigenvalue weighted by Gasteiger charge is 2.14. The quantitative estimate of drug-likeness (QED) is 0.360. The van der Waals surface area contributed by atoms with Crippen molar-refractivity contribution in [3.05, 3.63) is 62.1 Å². The second-order valence-electron chi connectivity index (χ2n) is 5.31. The fourth-order valence-electron chi connectivity index (χ4n) is 2.04. The normalized spacial score (nSPS) is 10.8. The third kappa shape index (κ3) is 5.99. The lowest BCUT2D eigenvalue weighted by atomic mass is 10.1. The van der Waals surface area contributed by atoms with E-state index in [2.05, 4.69) is 26.0 Å². The van der Waals surface area contributed by atoms with E-state index < -0.39 is 11.9 Å². The van der Waals surface area contributed by atoms with Crippen LogP contribution in [0.25, 0.3) is 6.08 Å². The van der Waals surface area contributed by atoms with Crippen molar-refractivity contribution in [2.45, 2.75) is 0 Å². The summed E-state index contributed by atoms with van der Waals surface area (Å²) in [5, 5.41) is 12.7. The second kappa shape index (κ2) is 10.1. The minimum atomic E-state index is -0.580. The number of methoxy groups -OCH3 is 1. The van der Waals surface area contributed by atoms with Crippen LogP contribution in [0.3, 0.4) is 0 Å². The molecular formula is C19H13BrCl2N2O4. The van der Waals surface area contributed by atoms with Crippen LogP contribution in [0.2, 0.25) is 10.0 Å². The summed E-state index contributed by atoms with van der Waals surface area (Å²) in [7, 11) is 1.24. The van der Waals surface area contributed by atoms with E-state index in [1.807, 2.05) is 6.07 Å². The summed E-state index contributed by atoms with van der Waals surface area (Å²) in [6.45, 7) is -0.309. The predicted octanol–water partition coefficient (Wildman–Crippen LogP) is 4.85. The van der Waals surface area contributed by atoms with Crippen molar-refractivity contribution in [2.75, 3.05) is 19.0 Å². The number of nitriles is 1. The first-order valence-electron chi connectivity index (χ1n) is 7.71. The van der Waals surface area contributed by atoms with Gasteiger partial charge in [-0.25, -0.2) is 4.79 Å². The summed E-state index contributed by atoms with van der Waals surface area (Å²) in [6.07, 6.45) is 1.38. The molecule has 0 spiro atoms. The van der Waals surface area contributed by atoms with Crippen molar-refractivity contribution in [1.29, 1.82) is 5.26 Å². The molecule has 2 aromatic rings. The van der Waals surface area contributed by atoms with Crippen LogP contribution in [-0.2, 0) is 14.3 Å². The summed E-state index contributed by atoms with van der Waals surface area (Å²) in [4.78, 5) is 23.5. The maximum Gasteiger partial charge on any atom is 0.343 e. The van der Waals surface area contributed by atoms with Gasteiger partial charge in [0.15, 0.2) is 12.4 Å². The van der Waals surface area contributed by atoms with Crippen LogP contribution in [0.15, 0.2) is 46.4 Å². The topological polar surface area (TPSA) is 88.4 Å². The smallest absolute Gasteiger partial charge is 0.343 e. The zero-order valence-electron chi connectivity index (χ0n) is 14.5. The maximum atomic E-state index is 12.3. The molecule has 0 bridgehead atoms. The monoisotopic (exact) mass is 482 g/mol. The van der Waals surface area contributed by atoms with E-state index in [-0.39, 0.29) is 23.0 Å². The number of amides is 1. The van der Waals surface area contributed by atoms with E-state index in [9.17, 15) is 14.9 Å². The number of rotatable bonds is 6. The molecule has 0 saturated heterocycles. The zero-order valence-corrected chi connectivity index (χ0v) is 17.6. The van der Waals surface area contributed by atoms with Gasteiger partial charge in [0.2, 0.25) is 0 Å². The number of benzene rings is 2. The Morgan fingerprint density at radius 2 is 1.93 bits per heavy atom. The minimum Gasteiger partial charge on any atom is -0.479 e. The van der Waals surface area contributed by atoms with Gasteiger partial charge in [-0.15, -0.1) is 0 Å². The molecule has 0 radical (unpaired) electrons. The standard InChI is InChI=1S/C19H13BrCl2N2O4/c1-27-17(25)10-28-18-15(20)7-11(8-16(18)22)6-12(9-23)19(26)24-14-4-2-13(21)3-5-14/h2-8H,10H2,1H3,(H,24,26)/b12-6-. The Hall–Kier alpha value is -2.53. The molecule has 0 aliphatic heterocycles. The fraction of sp³-hybridized carbons (Fsp3) is 0.105. The highest BCUT2D eigenvalue weighted by Crippen LogP contribution is 2.35. The van der Waals surface area contributed by atoms with Crippen LogP contribution >= 0.6 is 39.1 Å². The lowest BCUT2D eigenvalue weighted by molar-refractivity contribution is -0.142. The molecule has 144 valence electrons. The number of nitrogens with zero attached hydrogens (tertiary/aromatic N) is 1. The Morgan fingerprint density at radius 1 is 1.25 bits per heavy atom. The van der Waals surface area contributed by atoms with Gasteiger partial charge in [0.05, 0.1) is 16.6 Å². The molecule has 0 aliphatic carbocycles. The van der Waals surface area contributed by atoms with Crippen LogP contribution in [0.4, 0.5) is 5.69 Å². The van der Waals surface area contributed by atoms with Crippen molar-refractivity contribution in [3.63, 3.8) is 0 Å². The Labute approximate surface area is 179 Å². The molecule has 9 heteroatoms. The van der Waals surface area contributed by atoms with Crippen molar-refractivity contribution in [1.82, 2.24) is 0 Å². The molecule has 0 aromatic heterocycles. The summed E-state index contributed by atoms with van der Waals surface area (Å²) in [5.74, 6) is -0.894. The third-order valence-corrected chi connectivity index (χ3v) is 4.48. The Bertz CT molecular complexity index is 946. The third-order valence-electron chi connectivity index (χ3n) is 3.36. The number of anilines is 1. The van der Waals surface area contributed by atoms with Gasteiger partial charge in [-0.05, 0) is 64.0 Å².